The van der Waals surface area contributed by atoms with Crippen LogP contribution in [0.5, 0.6) is 11.5 Å². The predicted octanol–water partition coefficient (Wildman–Crippen LogP) is 2.30. The third kappa shape index (κ3) is 14.1. The molecule has 0 atom stereocenters. The molecule has 0 spiro atoms. The molecule has 0 N–H and O–H groups in total. The van der Waals surface area contributed by atoms with Crippen molar-refractivity contribution in [3.8, 4) is 11.5 Å². The van der Waals surface area contributed by atoms with Crippen LogP contribution in [0.2, 0.25) is 0 Å². The van der Waals surface area contributed by atoms with Crippen molar-refractivity contribution in [2.24, 2.45) is 0 Å². The van der Waals surface area contributed by atoms with Gasteiger partial charge in [-0.3, -0.25) is 0 Å². The Hall–Kier alpha value is -0.347. The molecule has 0 aliphatic rings. The second-order valence-electron chi connectivity index (χ2n) is 4.42. The molecule has 0 unspecified atom stereocenters. The van der Waals surface area contributed by atoms with Crippen LogP contribution in [0.1, 0.15) is 0 Å². The molecule has 0 saturated carbocycles. The third-order valence-electron chi connectivity index (χ3n) is 2.20. The van der Waals surface area contributed by atoms with Crippen LogP contribution in [0.3, 0.4) is 0 Å². The molecule has 0 saturated heterocycles. The Kier molecular flexibility index (Phi) is 16.5. The molecule has 0 fully saturated rings. The molecule has 1 aromatic rings. The number of methoxy groups -OCH3 is 2. The van der Waals surface area contributed by atoms with Crippen molar-refractivity contribution in [3.05, 3.63) is 24.3 Å². The number of hydrogen-bond donors (Lipinski definition) is 0. The minimum atomic E-state index is 0.763. The summed E-state index contributed by atoms with van der Waals surface area (Å²) in [4.78, 5) is 4.36. The first kappa shape index (κ1) is 21.9. The summed E-state index contributed by atoms with van der Waals surface area (Å²) in [5.74, 6) is 1.53. The van der Waals surface area contributed by atoms with Gasteiger partial charge in [0, 0.05) is 24.6 Å². The average molecular weight is 354 g/mol. The first-order valence-electron chi connectivity index (χ1n) is 6.15. The van der Waals surface area contributed by atoms with Crippen molar-refractivity contribution in [2.45, 2.75) is 0 Å². The number of nitrogens with zero attached hydrogens (tertiary/aromatic N) is 2. The topological polar surface area (TPSA) is 24.9 Å². The summed E-state index contributed by atoms with van der Waals surface area (Å²) in [7, 11) is 16.3. The average Bonchev–Trinajstić information content (AvgIpc) is 2.48. The van der Waals surface area contributed by atoms with E-state index >= 15 is 0 Å². The fraction of sp³-hybridized carbons (Fsp3) is 0.571. The van der Waals surface area contributed by atoms with Gasteiger partial charge in [-0.15, -0.1) is 12.1 Å². The van der Waals surface area contributed by atoms with Crippen LogP contribution in [-0.4, -0.2) is 65.3 Å². The Balaban J connectivity index is 0. The number of likely N-dealkylation sites (N-methyl/N-ethyl adjacent to an activating group) is 2. The minimum absolute atomic E-state index is 0.763. The normalized spacial score (nSPS) is 9.35. The van der Waals surface area contributed by atoms with Crippen LogP contribution in [0.25, 0.3) is 0 Å². The van der Waals surface area contributed by atoms with Crippen LogP contribution in [0, 0.1) is 6.07 Å². The molecular formula is C14H25ClN2O2Zn. The first-order chi connectivity index (χ1) is 9.49. The molecule has 0 aliphatic carbocycles. The van der Waals surface area contributed by atoms with Gasteiger partial charge in [-0.25, -0.2) is 0 Å². The van der Waals surface area contributed by atoms with Gasteiger partial charge in [0.1, 0.15) is 0 Å². The zero-order chi connectivity index (χ0) is 16.0. The van der Waals surface area contributed by atoms with Gasteiger partial charge in [-0.1, -0.05) is 6.07 Å². The monoisotopic (exact) mass is 352 g/mol. The second-order valence-corrected chi connectivity index (χ2v) is 4.42. The Morgan fingerprint density at radius 1 is 0.950 bits per heavy atom. The summed E-state index contributed by atoms with van der Waals surface area (Å²) >= 11 is 0.847. The van der Waals surface area contributed by atoms with Crippen molar-refractivity contribution >= 4 is 9.69 Å². The van der Waals surface area contributed by atoms with Gasteiger partial charge in [0.05, 0.1) is 14.2 Å². The number of benzene rings is 1. The Labute approximate surface area is 137 Å². The molecule has 0 aromatic heterocycles. The summed E-state index contributed by atoms with van der Waals surface area (Å²) in [6.07, 6.45) is 0. The third-order valence-corrected chi connectivity index (χ3v) is 2.20. The number of halogens is 1. The Bertz CT molecular complexity index is 299. The molecule has 20 heavy (non-hydrogen) atoms. The van der Waals surface area contributed by atoms with Crippen LogP contribution in [0.15, 0.2) is 18.2 Å². The molecule has 0 radical (unpaired) electrons. The van der Waals surface area contributed by atoms with E-state index in [-0.39, 0.29) is 0 Å². The SMILES string of the molecule is CN(C)CCN(C)C.COc1c[c-]cc(OC)c1.[Cl][Zn+]. The van der Waals surface area contributed by atoms with E-state index in [0.29, 0.717) is 0 Å². The summed E-state index contributed by atoms with van der Waals surface area (Å²) in [5, 5.41) is 0. The van der Waals surface area contributed by atoms with Gasteiger partial charge >= 0.3 is 27.0 Å². The molecule has 0 bridgehead atoms. The van der Waals surface area contributed by atoms with E-state index in [2.05, 4.69) is 44.1 Å². The fourth-order valence-corrected chi connectivity index (χ4v) is 1.07. The van der Waals surface area contributed by atoms with E-state index in [1.54, 1.807) is 32.4 Å². The van der Waals surface area contributed by atoms with Crippen molar-refractivity contribution in [1.82, 2.24) is 9.80 Å². The molecular weight excluding hydrogens is 329 g/mol. The summed E-state index contributed by atoms with van der Waals surface area (Å²) < 4.78 is 9.89. The maximum absolute atomic E-state index is 4.95. The molecule has 1 rings (SSSR count). The number of rotatable bonds is 5. The quantitative estimate of drug-likeness (QED) is 0.599. The van der Waals surface area contributed by atoms with E-state index in [0.717, 1.165) is 41.9 Å². The van der Waals surface area contributed by atoms with Gasteiger partial charge in [-0.2, -0.15) is 6.07 Å². The summed E-state index contributed by atoms with van der Waals surface area (Å²) in [6.45, 7) is 2.29. The van der Waals surface area contributed by atoms with E-state index in [4.69, 9.17) is 19.2 Å². The van der Waals surface area contributed by atoms with Crippen molar-refractivity contribution in [2.75, 3.05) is 55.5 Å². The standard InChI is InChI=1S/C8H9O2.C6H16N2.ClH.Zn/c1-9-7-4-3-5-8(6-7)10-2;1-7(2)5-6-8(3)4;;/h4-6H,1-2H3;5-6H2,1-4H3;1H;/q-1;;;+2/p-1. The Morgan fingerprint density at radius 2 is 1.30 bits per heavy atom. The number of ether oxygens (including phenoxy) is 2. The van der Waals surface area contributed by atoms with Gasteiger partial charge < -0.3 is 19.3 Å². The fourth-order valence-electron chi connectivity index (χ4n) is 1.07. The first-order valence-corrected chi connectivity index (χ1v) is 10.0. The molecule has 0 amide bonds. The van der Waals surface area contributed by atoms with Gasteiger partial charge in [0.25, 0.3) is 0 Å². The summed E-state index contributed by atoms with van der Waals surface area (Å²) in [5.41, 5.74) is 0. The van der Waals surface area contributed by atoms with Crippen LogP contribution in [0.4, 0.5) is 0 Å². The van der Waals surface area contributed by atoms with E-state index in [1.165, 1.54) is 0 Å². The molecule has 0 heterocycles. The zero-order valence-electron chi connectivity index (χ0n) is 13.4. The van der Waals surface area contributed by atoms with Crippen LogP contribution in [-0.2, 0) is 17.3 Å². The molecule has 4 nitrogen and oxygen atoms in total. The molecule has 112 valence electrons. The van der Waals surface area contributed by atoms with Gasteiger partial charge in [0.2, 0.25) is 0 Å². The van der Waals surface area contributed by atoms with E-state index in [1.807, 2.05) is 0 Å². The maximum atomic E-state index is 4.95. The van der Waals surface area contributed by atoms with E-state index in [9.17, 15) is 0 Å². The van der Waals surface area contributed by atoms with Crippen molar-refractivity contribution < 1.29 is 26.8 Å². The van der Waals surface area contributed by atoms with Crippen molar-refractivity contribution in [3.63, 3.8) is 0 Å². The Morgan fingerprint density at radius 3 is 1.55 bits per heavy atom. The molecule has 6 heteroatoms. The second kappa shape index (κ2) is 15.1. The summed E-state index contributed by atoms with van der Waals surface area (Å²) in [6, 6.07) is 8.19. The van der Waals surface area contributed by atoms with Gasteiger partial charge in [-0.05, 0) is 28.2 Å². The zero-order valence-corrected chi connectivity index (χ0v) is 17.2. The molecule has 1 aromatic carbocycles. The van der Waals surface area contributed by atoms with Crippen molar-refractivity contribution in [1.29, 1.82) is 0 Å². The molecule has 0 aliphatic heterocycles. The number of hydrogen-bond acceptors (Lipinski definition) is 4. The van der Waals surface area contributed by atoms with Gasteiger partial charge in [0.15, 0.2) is 0 Å². The van der Waals surface area contributed by atoms with Crippen LogP contribution >= 0.6 is 9.69 Å². The van der Waals surface area contributed by atoms with E-state index < -0.39 is 0 Å². The van der Waals surface area contributed by atoms with Crippen LogP contribution < -0.4 is 9.47 Å². The predicted molar refractivity (Wildman–Crippen MR) is 81.3 cm³/mol.